The molecule has 0 aliphatic carbocycles. The molecule has 1 unspecified atom stereocenters. The fourth-order valence-electron chi connectivity index (χ4n) is 4.65. The van der Waals surface area contributed by atoms with Crippen LogP contribution < -0.4 is 10.1 Å². The van der Waals surface area contributed by atoms with Crippen molar-refractivity contribution in [3.8, 4) is 5.75 Å². The van der Waals surface area contributed by atoms with Gasteiger partial charge in [-0.05, 0) is 52.9 Å². The summed E-state index contributed by atoms with van der Waals surface area (Å²) in [6, 6.07) is 19.8. The van der Waals surface area contributed by atoms with E-state index in [4.69, 9.17) is 4.74 Å². The molecule has 1 N–H and O–H groups in total. The summed E-state index contributed by atoms with van der Waals surface area (Å²) in [5.74, 6) is 0.553. The van der Waals surface area contributed by atoms with Crippen molar-refractivity contribution in [3.05, 3.63) is 111 Å². The number of carbonyl (C=O) groups is 2. The van der Waals surface area contributed by atoms with Gasteiger partial charge in [-0.25, -0.2) is 4.98 Å². The van der Waals surface area contributed by atoms with Crippen LogP contribution in [0.15, 0.2) is 78.4 Å². The molecule has 2 amide bonds. The number of hydrogen-bond acceptors (Lipinski definition) is 6. The van der Waals surface area contributed by atoms with Crippen LogP contribution in [0.1, 0.15) is 57.6 Å². The molecule has 194 valence electrons. The number of thiazole rings is 1. The van der Waals surface area contributed by atoms with E-state index in [0.717, 1.165) is 23.1 Å². The Morgan fingerprint density at radius 3 is 2.66 bits per heavy atom. The highest BCUT2D eigenvalue weighted by molar-refractivity contribution is 7.09. The van der Waals surface area contributed by atoms with Gasteiger partial charge in [-0.3, -0.25) is 14.6 Å². The summed E-state index contributed by atoms with van der Waals surface area (Å²) in [6.45, 7) is 5.25. The Morgan fingerprint density at radius 1 is 1.11 bits per heavy atom. The number of rotatable bonds is 8. The molecule has 8 heteroatoms. The van der Waals surface area contributed by atoms with E-state index in [9.17, 15) is 9.59 Å². The highest BCUT2D eigenvalue weighted by atomic mass is 32.1. The van der Waals surface area contributed by atoms with Crippen LogP contribution in [0, 0.1) is 5.92 Å². The summed E-state index contributed by atoms with van der Waals surface area (Å²) in [5.41, 5.74) is 4.75. The van der Waals surface area contributed by atoms with Gasteiger partial charge in [0.25, 0.3) is 5.91 Å². The summed E-state index contributed by atoms with van der Waals surface area (Å²) in [4.78, 5) is 36.1. The summed E-state index contributed by atoms with van der Waals surface area (Å²) in [7, 11) is 0. The van der Waals surface area contributed by atoms with Gasteiger partial charge in [-0.2, -0.15) is 0 Å². The molecule has 4 aromatic rings. The number of nitrogens with one attached hydrogen (secondary N) is 1. The molecule has 3 heterocycles. The lowest BCUT2D eigenvalue weighted by Crippen LogP contribution is -2.42. The van der Waals surface area contributed by atoms with Crippen molar-refractivity contribution in [2.45, 2.75) is 39.5 Å². The molecule has 2 aromatic heterocycles. The van der Waals surface area contributed by atoms with Gasteiger partial charge in [-0.15, -0.1) is 11.3 Å². The molecule has 0 radical (unpaired) electrons. The maximum Gasteiger partial charge on any atom is 0.271 e. The second kappa shape index (κ2) is 11.6. The lowest BCUT2D eigenvalue weighted by molar-refractivity contribution is -0.136. The van der Waals surface area contributed by atoms with Gasteiger partial charge in [0.05, 0.1) is 6.04 Å². The topological polar surface area (TPSA) is 84.4 Å². The minimum absolute atomic E-state index is 0.0804. The smallest absolute Gasteiger partial charge is 0.271 e. The van der Waals surface area contributed by atoms with E-state index in [0.29, 0.717) is 29.5 Å². The first-order valence-electron chi connectivity index (χ1n) is 12.7. The number of aromatic nitrogens is 2. The van der Waals surface area contributed by atoms with Crippen molar-refractivity contribution >= 4 is 23.2 Å². The Bertz CT molecular complexity index is 1410. The normalized spacial score (nSPS) is 14.7. The molecular weight excluding hydrogens is 496 g/mol. The second-order valence-corrected chi connectivity index (χ2v) is 10.5. The van der Waals surface area contributed by atoms with Crippen LogP contribution in [-0.2, 0) is 24.4 Å². The van der Waals surface area contributed by atoms with Crippen LogP contribution in [0.3, 0.4) is 0 Å². The monoisotopic (exact) mass is 526 g/mol. The molecule has 0 spiro atoms. The van der Waals surface area contributed by atoms with Crippen molar-refractivity contribution in [2.75, 3.05) is 6.54 Å². The average Bonchev–Trinajstić information content (AvgIpc) is 3.44. The van der Waals surface area contributed by atoms with E-state index in [1.807, 2.05) is 61.2 Å². The average molecular weight is 527 g/mol. The number of carbonyl (C=O) groups excluding carboxylic acids is 2. The van der Waals surface area contributed by atoms with E-state index < -0.39 is 0 Å². The quantitative estimate of drug-likeness (QED) is 0.342. The Labute approximate surface area is 226 Å². The SMILES string of the molecule is CC(C)C(=O)N1CCc2ccc(OCc3nc(C(=O)NCc4ccncc4)cs3)cc2C1c1ccccc1. The number of benzene rings is 2. The van der Waals surface area contributed by atoms with E-state index >= 15 is 0 Å². The highest BCUT2D eigenvalue weighted by Crippen LogP contribution is 2.38. The second-order valence-electron chi connectivity index (χ2n) is 9.56. The molecule has 5 rings (SSSR count). The lowest BCUT2D eigenvalue weighted by atomic mass is 9.87. The molecular formula is C30H30N4O3S. The maximum atomic E-state index is 13.1. The van der Waals surface area contributed by atoms with E-state index in [-0.39, 0.29) is 30.4 Å². The zero-order valence-corrected chi connectivity index (χ0v) is 22.3. The van der Waals surface area contributed by atoms with Crippen LogP contribution in [0.2, 0.25) is 0 Å². The fourth-order valence-corrected chi connectivity index (χ4v) is 5.33. The molecule has 0 fully saturated rings. The molecule has 7 nitrogen and oxygen atoms in total. The number of nitrogens with zero attached hydrogens (tertiary/aromatic N) is 3. The summed E-state index contributed by atoms with van der Waals surface area (Å²) in [5, 5.41) is 5.34. The minimum Gasteiger partial charge on any atom is -0.486 e. The van der Waals surface area contributed by atoms with Crippen molar-refractivity contribution in [1.29, 1.82) is 0 Å². The third-order valence-corrected chi connectivity index (χ3v) is 7.41. The van der Waals surface area contributed by atoms with Gasteiger partial charge < -0.3 is 15.0 Å². The van der Waals surface area contributed by atoms with Crippen LogP contribution in [0.5, 0.6) is 5.75 Å². The molecule has 0 saturated heterocycles. The first-order chi connectivity index (χ1) is 18.5. The molecule has 1 atom stereocenters. The number of hydrogen-bond donors (Lipinski definition) is 1. The first kappa shape index (κ1) is 25.6. The van der Waals surface area contributed by atoms with Crippen LogP contribution in [0.4, 0.5) is 0 Å². The number of pyridine rings is 1. The molecule has 1 aliphatic rings. The van der Waals surface area contributed by atoms with E-state index in [1.54, 1.807) is 17.8 Å². The third kappa shape index (κ3) is 5.75. The molecule has 38 heavy (non-hydrogen) atoms. The van der Waals surface area contributed by atoms with Crippen LogP contribution >= 0.6 is 11.3 Å². The first-order valence-corrected chi connectivity index (χ1v) is 13.6. The highest BCUT2D eigenvalue weighted by Gasteiger charge is 2.33. The van der Waals surface area contributed by atoms with Gasteiger partial charge in [0.15, 0.2) is 0 Å². The Morgan fingerprint density at radius 2 is 1.89 bits per heavy atom. The molecule has 2 aromatic carbocycles. The number of ether oxygens (including phenoxy) is 1. The summed E-state index contributed by atoms with van der Waals surface area (Å²) >= 11 is 1.39. The largest absolute Gasteiger partial charge is 0.486 e. The zero-order chi connectivity index (χ0) is 26.5. The molecule has 0 saturated carbocycles. The van der Waals surface area contributed by atoms with Crippen LogP contribution in [-0.4, -0.2) is 33.2 Å². The standard InChI is InChI=1S/C30H30N4O3S/c1-20(2)30(36)34-15-12-22-8-9-24(16-25(22)28(34)23-6-4-3-5-7-23)37-18-27-33-26(19-38-27)29(35)32-17-21-10-13-31-14-11-21/h3-11,13-14,16,19-20,28H,12,15,17-18H2,1-2H3,(H,32,35). The Hall–Kier alpha value is -4.04. The van der Waals surface area contributed by atoms with E-state index in [2.05, 4.69) is 33.5 Å². The molecule has 0 bridgehead atoms. The zero-order valence-electron chi connectivity index (χ0n) is 21.5. The van der Waals surface area contributed by atoms with Crippen molar-refractivity contribution in [3.63, 3.8) is 0 Å². The predicted octanol–water partition coefficient (Wildman–Crippen LogP) is 5.18. The molecule has 1 aliphatic heterocycles. The number of fused-ring (bicyclic) bond motifs is 1. The lowest BCUT2D eigenvalue weighted by Gasteiger charge is -2.39. The van der Waals surface area contributed by atoms with Crippen molar-refractivity contribution in [1.82, 2.24) is 20.2 Å². The maximum absolute atomic E-state index is 13.1. The van der Waals surface area contributed by atoms with Gasteiger partial charge in [0, 0.05) is 36.8 Å². The van der Waals surface area contributed by atoms with Crippen LogP contribution in [0.25, 0.3) is 0 Å². The predicted molar refractivity (Wildman–Crippen MR) is 147 cm³/mol. The third-order valence-electron chi connectivity index (χ3n) is 6.59. The van der Waals surface area contributed by atoms with Gasteiger partial charge in [0.2, 0.25) is 5.91 Å². The number of amides is 2. The Kier molecular flexibility index (Phi) is 7.79. The van der Waals surface area contributed by atoms with Gasteiger partial charge in [0.1, 0.15) is 23.1 Å². The van der Waals surface area contributed by atoms with Crippen molar-refractivity contribution in [2.24, 2.45) is 5.92 Å². The van der Waals surface area contributed by atoms with E-state index in [1.165, 1.54) is 16.9 Å². The summed E-state index contributed by atoms with van der Waals surface area (Å²) < 4.78 is 6.11. The van der Waals surface area contributed by atoms with Gasteiger partial charge in [-0.1, -0.05) is 50.2 Å². The Balaban J connectivity index is 1.29. The van der Waals surface area contributed by atoms with Gasteiger partial charge >= 0.3 is 0 Å². The minimum atomic E-state index is -0.223. The fraction of sp³-hybridized carbons (Fsp3) is 0.267. The summed E-state index contributed by atoms with van der Waals surface area (Å²) in [6.07, 6.45) is 4.20. The van der Waals surface area contributed by atoms with Crippen molar-refractivity contribution < 1.29 is 14.3 Å².